The van der Waals surface area contributed by atoms with Crippen molar-refractivity contribution in [2.75, 3.05) is 0 Å². The van der Waals surface area contributed by atoms with Crippen LogP contribution in [0, 0.1) is 13.8 Å². The molecular formula is C28H24S. The van der Waals surface area contributed by atoms with E-state index in [1.165, 1.54) is 42.5 Å². The predicted molar refractivity (Wildman–Crippen MR) is 129 cm³/mol. The number of hydrogen-bond acceptors (Lipinski definition) is 1. The predicted octanol–water partition coefficient (Wildman–Crippen LogP) is 6.36. The summed E-state index contributed by atoms with van der Waals surface area (Å²) < 4.78 is 0. The monoisotopic (exact) mass is 392 g/mol. The molecule has 0 radical (unpaired) electrons. The number of aryl methyl sites for hydroxylation is 2. The van der Waals surface area contributed by atoms with Crippen molar-refractivity contribution in [2.45, 2.75) is 13.8 Å². The number of fused-ring (bicyclic) bond motifs is 1. The van der Waals surface area contributed by atoms with Gasteiger partial charge in [0.25, 0.3) is 0 Å². The van der Waals surface area contributed by atoms with Gasteiger partial charge in [0.1, 0.15) is 0 Å². The number of thiophene rings is 1. The van der Waals surface area contributed by atoms with Crippen molar-refractivity contribution in [3.8, 4) is 10.4 Å². The molecule has 4 rings (SSSR count). The summed E-state index contributed by atoms with van der Waals surface area (Å²) in [7, 11) is 0. The molecule has 1 aromatic heterocycles. The van der Waals surface area contributed by atoms with Crippen molar-refractivity contribution in [2.24, 2.45) is 0 Å². The fourth-order valence-corrected chi connectivity index (χ4v) is 4.72. The second-order valence-electron chi connectivity index (χ2n) is 7.15. The molecule has 0 spiro atoms. The van der Waals surface area contributed by atoms with Gasteiger partial charge in [-0.3, -0.25) is 0 Å². The summed E-state index contributed by atoms with van der Waals surface area (Å²) >= 11 is 1.86. The number of allylic oxidation sites excluding steroid dienone is 8. The lowest BCUT2D eigenvalue weighted by atomic mass is 10.0. The fraction of sp³-hybridized carbons (Fsp3) is 0.0714. The molecule has 29 heavy (non-hydrogen) atoms. The molecule has 1 aliphatic rings. The highest BCUT2D eigenvalue weighted by Gasteiger charge is 2.11. The van der Waals surface area contributed by atoms with Gasteiger partial charge >= 0.3 is 0 Å². The maximum absolute atomic E-state index is 2.30. The largest absolute Gasteiger partial charge is 0.135 e. The fourth-order valence-electron chi connectivity index (χ4n) is 3.45. The minimum atomic E-state index is 1.22. The van der Waals surface area contributed by atoms with Gasteiger partial charge in [-0.05, 0) is 52.6 Å². The zero-order valence-corrected chi connectivity index (χ0v) is 17.6. The van der Waals surface area contributed by atoms with Gasteiger partial charge in [0.05, 0.1) is 0 Å². The van der Waals surface area contributed by atoms with Gasteiger partial charge in [0.2, 0.25) is 0 Å². The van der Waals surface area contributed by atoms with Crippen LogP contribution in [0.2, 0.25) is 0 Å². The SMILES string of the molecule is Cc1ccccc1-c1sc(C2=CC=CC=c3ccccc3=CC=CC=C2)cc1C. The Morgan fingerprint density at radius 1 is 0.621 bits per heavy atom. The molecule has 0 N–H and O–H groups in total. The molecule has 1 heteroatoms. The summed E-state index contributed by atoms with van der Waals surface area (Å²) in [6, 6.07) is 19.4. The summed E-state index contributed by atoms with van der Waals surface area (Å²) in [5.74, 6) is 0. The summed E-state index contributed by atoms with van der Waals surface area (Å²) in [6.07, 6.45) is 19.3. The highest BCUT2D eigenvalue weighted by Crippen LogP contribution is 2.37. The van der Waals surface area contributed by atoms with Gasteiger partial charge in [0, 0.05) is 9.75 Å². The summed E-state index contributed by atoms with van der Waals surface area (Å²) in [5, 5.41) is 2.45. The van der Waals surface area contributed by atoms with Gasteiger partial charge < -0.3 is 0 Å². The van der Waals surface area contributed by atoms with E-state index in [-0.39, 0.29) is 0 Å². The Balaban J connectivity index is 1.75. The smallest absolute Gasteiger partial charge is 0.0381 e. The average molecular weight is 393 g/mol. The molecular weight excluding hydrogens is 368 g/mol. The van der Waals surface area contributed by atoms with Gasteiger partial charge in [0.15, 0.2) is 0 Å². The van der Waals surface area contributed by atoms with Crippen LogP contribution in [0.1, 0.15) is 16.0 Å². The van der Waals surface area contributed by atoms with Crippen molar-refractivity contribution in [1.82, 2.24) is 0 Å². The normalized spacial score (nSPS) is 13.5. The third-order valence-electron chi connectivity index (χ3n) is 5.02. The van der Waals surface area contributed by atoms with Crippen molar-refractivity contribution < 1.29 is 0 Å². The Kier molecular flexibility index (Phi) is 5.88. The van der Waals surface area contributed by atoms with Crippen LogP contribution in [0.4, 0.5) is 0 Å². The molecule has 0 bridgehead atoms. The van der Waals surface area contributed by atoms with E-state index in [9.17, 15) is 0 Å². The van der Waals surface area contributed by atoms with Crippen molar-refractivity contribution in [3.63, 3.8) is 0 Å². The van der Waals surface area contributed by atoms with E-state index < -0.39 is 0 Å². The second kappa shape index (κ2) is 8.89. The number of rotatable bonds is 2. The molecule has 142 valence electrons. The Bertz CT molecular complexity index is 1260. The Morgan fingerprint density at radius 3 is 2.03 bits per heavy atom. The molecule has 0 aliphatic heterocycles. The molecule has 0 saturated carbocycles. The van der Waals surface area contributed by atoms with E-state index in [4.69, 9.17) is 0 Å². The van der Waals surface area contributed by atoms with Crippen LogP contribution < -0.4 is 10.4 Å². The maximum atomic E-state index is 2.30. The van der Waals surface area contributed by atoms with E-state index in [0.29, 0.717) is 0 Å². The molecule has 0 atom stereocenters. The van der Waals surface area contributed by atoms with Crippen LogP contribution in [-0.2, 0) is 0 Å². The van der Waals surface area contributed by atoms with Gasteiger partial charge in [-0.25, -0.2) is 0 Å². The standard InChI is InChI=1S/C28H24S/c1-21-12-6-11-19-26(21)28-22(2)20-27(29-28)25-17-5-3-4-13-23-14-7-8-15-24(23)16-9-10-18-25/h3-20H,1-2H3. The number of benzene rings is 2. The molecule has 0 saturated heterocycles. The molecule has 1 aliphatic carbocycles. The third-order valence-corrected chi connectivity index (χ3v) is 6.34. The van der Waals surface area contributed by atoms with Gasteiger partial charge in [-0.2, -0.15) is 0 Å². The van der Waals surface area contributed by atoms with Crippen molar-refractivity contribution in [3.05, 3.63) is 124 Å². The Morgan fingerprint density at radius 2 is 1.28 bits per heavy atom. The topological polar surface area (TPSA) is 0 Å². The average Bonchev–Trinajstić information content (AvgIpc) is 3.10. The molecule has 3 aromatic rings. The first-order chi connectivity index (χ1) is 14.2. The maximum Gasteiger partial charge on any atom is 0.0381 e. The zero-order valence-electron chi connectivity index (χ0n) is 16.8. The van der Waals surface area contributed by atoms with E-state index in [1.807, 2.05) is 11.3 Å². The number of hydrogen-bond donors (Lipinski definition) is 0. The van der Waals surface area contributed by atoms with Crippen LogP contribution in [-0.4, -0.2) is 0 Å². The molecule has 0 amide bonds. The molecule has 2 aromatic carbocycles. The minimum absolute atomic E-state index is 1.22. The van der Waals surface area contributed by atoms with Gasteiger partial charge in [-0.1, -0.05) is 103 Å². The van der Waals surface area contributed by atoms with E-state index in [2.05, 4.69) is 123 Å². The van der Waals surface area contributed by atoms with Crippen LogP contribution in [0.15, 0.2) is 97.1 Å². The quantitative estimate of drug-likeness (QED) is 0.476. The molecule has 0 unspecified atom stereocenters. The zero-order chi connectivity index (χ0) is 20.1. The van der Waals surface area contributed by atoms with Crippen molar-refractivity contribution >= 4 is 29.1 Å². The lowest BCUT2D eigenvalue weighted by Crippen LogP contribution is -2.22. The molecule has 0 nitrogen and oxygen atoms in total. The van der Waals surface area contributed by atoms with E-state index in [0.717, 1.165) is 0 Å². The molecule has 0 fully saturated rings. The summed E-state index contributed by atoms with van der Waals surface area (Å²) in [4.78, 5) is 2.64. The lowest BCUT2D eigenvalue weighted by Gasteiger charge is -2.03. The van der Waals surface area contributed by atoms with E-state index in [1.54, 1.807) is 0 Å². The lowest BCUT2D eigenvalue weighted by molar-refractivity contribution is 1.45. The van der Waals surface area contributed by atoms with Crippen LogP contribution in [0.3, 0.4) is 0 Å². The first-order valence-corrected chi connectivity index (χ1v) is 10.7. The second-order valence-corrected chi connectivity index (χ2v) is 8.20. The Labute approximate surface area is 176 Å². The van der Waals surface area contributed by atoms with Crippen molar-refractivity contribution in [1.29, 1.82) is 0 Å². The summed E-state index contributed by atoms with van der Waals surface area (Å²) in [5.41, 5.74) is 5.20. The van der Waals surface area contributed by atoms with Crippen LogP contribution >= 0.6 is 11.3 Å². The Hall–Kier alpha value is -3.16. The van der Waals surface area contributed by atoms with E-state index >= 15 is 0 Å². The highest BCUT2D eigenvalue weighted by atomic mass is 32.1. The van der Waals surface area contributed by atoms with Crippen LogP contribution in [0.25, 0.3) is 28.2 Å². The minimum Gasteiger partial charge on any atom is -0.135 e. The summed E-state index contributed by atoms with van der Waals surface area (Å²) in [6.45, 7) is 4.39. The van der Waals surface area contributed by atoms with Crippen LogP contribution in [0.5, 0.6) is 0 Å². The molecule has 1 heterocycles. The first kappa shape index (κ1) is 19.2. The highest BCUT2D eigenvalue weighted by molar-refractivity contribution is 7.16. The first-order valence-electron chi connectivity index (χ1n) is 9.88. The third kappa shape index (κ3) is 4.47. The van der Waals surface area contributed by atoms with Gasteiger partial charge in [-0.15, -0.1) is 11.3 Å².